The van der Waals surface area contributed by atoms with Crippen LogP contribution in [0.2, 0.25) is 0 Å². The van der Waals surface area contributed by atoms with Crippen molar-refractivity contribution in [3.63, 3.8) is 0 Å². The molecule has 26 heavy (non-hydrogen) atoms. The first kappa shape index (κ1) is 18.1. The SMILES string of the molecule is COc1ccc(C)cc1NC(=O)[C@H](C)[NH+]1CCN(c2ncccn2)CC1. The minimum absolute atomic E-state index is 0.00770. The van der Waals surface area contributed by atoms with E-state index in [0.29, 0.717) is 5.75 Å². The lowest BCUT2D eigenvalue weighted by Gasteiger charge is -2.34. The van der Waals surface area contributed by atoms with E-state index < -0.39 is 0 Å². The minimum Gasteiger partial charge on any atom is -0.495 e. The van der Waals surface area contributed by atoms with E-state index in [9.17, 15) is 4.79 Å². The molecule has 138 valence electrons. The Morgan fingerprint density at radius 3 is 2.62 bits per heavy atom. The van der Waals surface area contributed by atoms with Crippen molar-refractivity contribution in [1.29, 1.82) is 0 Å². The van der Waals surface area contributed by atoms with E-state index in [1.807, 2.05) is 38.1 Å². The van der Waals surface area contributed by atoms with Gasteiger partial charge in [-0.1, -0.05) is 6.07 Å². The summed E-state index contributed by atoms with van der Waals surface area (Å²) >= 11 is 0. The maximum atomic E-state index is 12.7. The molecule has 1 aliphatic heterocycles. The highest BCUT2D eigenvalue weighted by atomic mass is 16.5. The Morgan fingerprint density at radius 2 is 1.96 bits per heavy atom. The Balaban J connectivity index is 1.59. The number of carbonyl (C=O) groups excluding carboxylic acids is 1. The molecule has 1 aromatic heterocycles. The molecule has 1 fully saturated rings. The lowest BCUT2D eigenvalue weighted by molar-refractivity contribution is -0.914. The average molecular weight is 356 g/mol. The van der Waals surface area contributed by atoms with Crippen molar-refractivity contribution in [3.8, 4) is 5.75 Å². The Morgan fingerprint density at radius 1 is 1.27 bits per heavy atom. The third-order valence-electron chi connectivity index (χ3n) is 4.86. The van der Waals surface area contributed by atoms with Gasteiger partial charge in [-0.05, 0) is 37.6 Å². The second kappa shape index (κ2) is 8.14. The van der Waals surface area contributed by atoms with Gasteiger partial charge in [0.15, 0.2) is 6.04 Å². The summed E-state index contributed by atoms with van der Waals surface area (Å²) in [5.41, 5.74) is 1.80. The van der Waals surface area contributed by atoms with Gasteiger partial charge in [0.05, 0.1) is 39.0 Å². The van der Waals surface area contributed by atoms with Crippen LogP contribution in [0.5, 0.6) is 5.75 Å². The summed E-state index contributed by atoms with van der Waals surface area (Å²) in [5, 5.41) is 3.02. The van der Waals surface area contributed by atoms with Crippen LogP contribution >= 0.6 is 0 Å². The fraction of sp³-hybridized carbons (Fsp3) is 0.421. The van der Waals surface area contributed by atoms with Crippen LogP contribution in [0.3, 0.4) is 0 Å². The molecule has 1 saturated heterocycles. The van der Waals surface area contributed by atoms with E-state index in [1.165, 1.54) is 4.90 Å². The third-order valence-corrected chi connectivity index (χ3v) is 4.86. The number of piperazine rings is 1. The number of benzene rings is 1. The summed E-state index contributed by atoms with van der Waals surface area (Å²) in [6.07, 6.45) is 3.51. The van der Waals surface area contributed by atoms with Crippen LogP contribution < -0.4 is 19.9 Å². The van der Waals surface area contributed by atoms with Crippen molar-refractivity contribution in [2.45, 2.75) is 19.9 Å². The average Bonchev–Trinajstić information content (AvgIpc) is 2.68. The summed E-state index contributed by atoms with van der Waals surface area (Å²) in [6, 6.07) is 7.45. The van der Waals surface area contributed by atoms with Crippen LogP contribution in [0, 0.1) is 6.92 Å². The van der Waals surface area contributed by atoms with Crippen molar-refractivity contribution in [2.75, 3.05) is 43.5 Å². The van der Waals surface area contributed by atoms with Crippen LogP contribution in [0.4, 0.5) is 11.6 Å². The van der Waals surface area contributed by atoms with Gasteiger partial charge in [-0.3, -0.25) is 4.79 Å². The lowest BCUT2D eigenvalue weighted by atomic mass is 10.1. The normalized spacial score (nSPS) is 16.2. The van der Waals surface area contributed by atoms with Crippen molar-refractivity contribution in [2.24, 2.45) is 0 Å². The molecule has 0 bridgehead atoms. The maximum absolute atomic E-state index is 12.7. The van der Waals surface area contributed by atoms with Gasteiger partial charge >= 0.3 is 0 Å². The number of aryl methyl sites for hydroxylation is 1. The summed E-state index contributed by atoms with van der Waals surface area (Å²) < 4.78 is 5.35. The summed E-state index contributed by atoms with van der Waals surface area (Å²) in [6.45, 7) is 7.39. The molecule has 1 amide bonds. The number of amides is 1. The van der Waals surface area contributed by atoms with Gasteiger partial charge in [0.25, 0.3) is 5.91 Å². The number of hydrogen-bond acceptors (Lipinski definition) is 5. The predicted molar refractivity (Wildman–Crippen MR) is 101 cm³/mol. The van der Waals surface area contributed by atoms with Gasteiger partial charge < -0.3 is 19.9 Å². The number of methoxy groups -OCH3 is 1. The van der Waals surface area contributed by atoms with Gasteiger partial charge in [-0.2, -0.15) is 0 Å². The Bertz CT molecular complexity index is 745. The fourth-order valence-corrected chi connectivity index (χ4v) is 3.23. The minimum atomic E-state index is -0.140. The molecular weight excluding hydrogens is 330 g/mol. The fourth-order valence-electron chi connectivity index (χ4n) is 3.23. The number of ether oxygens (including phenoxy) is 1. The number of quaternary nitrogens is 1. The molecule has 7 heteroatoms. The van der Waals surface area contributed by atoms with Crippen molar-refractivity contribution >= 4 is 17.5 Å². The summed E-state index contributed by atoms with van der Waals surface area (Å²) in [7, 11) is 1.61. The zero-order valence-corrected chi connectivity index (χ0v) is 15.5. The number of carbonyl (C=O) groups is 1. The number of nitrogens with one attached hydrogen (secondary N) is 2. The monoisotopic (exact) mass is 356 g/mol. The molecule has 0 spiro atoms. The van der Waals surface area contributed by atoms with Gasteiger partial charge in [0.1, 0.15) is 5.75 Å². The largest absolute Gasteiger partial charge is 0.495 e. The smallest absolute Gasteiger partial charge is 0.282 e. The molecule has 2 aromatic rings. The van der Waals surface area contributed by atoms with Crippen LogP contribution in [0.25, 0.3) is 0 Å². The number of nitrogens with zero attached hydrogens (tertiary/aromatic N) is 3. The summed E-state index contributed by atoms with van der Waals surface area (Å²) in [4.78, 5) is 24.8. The van der Waals surface area contributed by atoms with Gasteiger partial charge in [0.2, 0.25) is 5.95 Å². The first-order valence-electron chi connectivity index (χ1n) is 8.90. The second-order valence-electron chi connectivity index (χ2n) is 6.61. The van der Waals surface area contributed by atoms with Gasteiger partial charge in [-0.25, -0.2) is 9.97 Å². The molecule has 1 atom stereocenters. The Hall–Kier alpha value is -2.67. The van der Waals surface area contributed by atoms with E-state index in [1.54, 1.807) is 19.5 Å². The quantitative estimate of drug-likeness (QED) is 0.818. The molecule has 3 rings (SSSR count). The molecule has 0 saturated carbocycles. The van der Waals surface area contributed by atoms with E-state index >= 15 is 0 Å². The zero-order valence-electron chi connectivity index (χ0n) is 15.5. The number of anilines is 2. The lowest BCUT2D eigenvalue weighted by Crippen LogP contribution is -3.19. The maximum Gasteiger partial charge on any atom is 0.282 e. The van der Waals surface area contributed by atoms with Crippen molar-refractivity contribution in [3.05, 3.63) is 42.2 Å². The van der Waals surface area contributed by atoms with Crippen molar-refractivity contribution in [1.82, 2.24) is 9.97 Å². The van der Waals surface area contributed by atoms with Crippen molar-refractivity contribution < 1.29 is 14.4 Å². The van der Waals surface area contributed by atoms with Gasteiger partial charge in [-0.15, -0.1) is 0 Å². The number of aromatic nitrogens is 2. The highest BCUT2D eigenvalue weighted by Crippen LogP contribution is 2.25. The first-order chi connectivity index (χ1) is 12.6. The molecule has 0 aliphatic carbocycles. The molecular formula is C19H26N5O2+. The molecule has 1 aliphatic rings. The molecule has 2 N–H and O–H groups in total. The highest BCUT2D eigenvalue weighted by molar-refractivity contribution is 5.95. The molecule has 0 unspecified atom stereocenters. The standard InChI is InChI=1S/C19H25N5O2/c1-14-5-6-17(26-3)16(13-14)22-18(25)15(2)23-9-11-24(12-10-23)19-20-7-4-8-21-19/h4-8,13,15H,9-12H2,1-3H3,(H,22,25)/p+1/t15-/m0/s1. The molecule has 0 radical (unpaired) electrons. The third kappa shape index (κ3) is 4.11. The van der Waals surface area contributed by atoms with Crippen LogP contribution in [-0.2, 0) is 4.79 Å². The number of hydrogen-bond donors (Lipinski definition) is 2. The topological polar surface area (TPSA) is 71.8 Å². The molecule has 2 heterocycles. The summed E-state index contributed by atoms with van der Waals surface area (Å²) in [5.74, 6) is 1.44. The van der Waals surface area contributed by atoms with E-state index in [2.05, 4.69) is 20.2 Å². The van der Waals surface area contributed by atoms with Crippen LogP contribution in [0.15, 0.2) is 36.7 Å². The van der Waals surface area contributed by atoms with Crippen LogP contribution in [-0.4, -0.2) is 55.2 Å². The second-order valence-corrected chi connectivity index (χ2v) is 6.61. The van der Waals surface area contributed by atoms with E-state index in [0.717, 1.165) is 43.4 Å². The molecule has 1 aromatic carbocycles. The predicted octanol–water partition coefficient (Wildman–Crippen LogP) is 0.526. The number of rotatable bonds is 5. The first-order valence-corrected chi connectivity index (χ1v) is 8.90. The zero-order chi connectivity index (χ0) is 18.5. The Kier molecular flexibility index (Phi) is 5.68. The van der Waals surface area contributed by atoms with Gasteiger partial charge in [0, 0.05) is 12.4 Å². The van der Waals surface area contributed by atoms with E-state index in [4.69, 9.17) is 4.74 Å². The van der Waals surface area contributed by atoms with Crippen LogP contribution in [0.1, 0.15) is 12.5 Å². The highest BCUT2D eigenvalue weighted by Gasteiger charge is 2.30. The van der Waals surface area contributed by atoms with E-state index in [-0.39, 0.29) is 11.9 Å². The molecule has 7 nitrogen and oxygen atoms in total. The Labute approximate surface area is 154 Å².